The van der Waals surface area contributed by atoms with Crippen molar-refractivity contribution < 1.29 is 9.84 Å². The lowest BCUT2D eigenvalue weighted by Crippen LogP contribution is -2.31. The average molecular weight is 444 g/mol. The smallest absolute Gasteiger partial charge is 0.335 e. The maximum atomic E-state index is 12.4. The summed E-state index contributed by atoms with van der Waals surface area (Å²) in [5.74, 6) is 0.199. The molecule has 0 amide bonds. The molecular formula is C20H18BrN3O4. The number of rotatable bonds is 4. The number of aromatic nitrogens is 2. The topological polar surface area (TPSA) is 96.7 Å². The summed E-state index contributed by atoms with van der Waals surface area (Å²) in [4.78, 5) is 31.0. The molecule has 2 N–H and O–H groups in total. The van der Waals surface area contributed by atoms with Crippen molar-refractivity contribution in [3.05, 3.63) is 78.4 Å². The molecule has 3 aromatic rings. The first kappa shape index (κ1) is 19.6. The van der Waals surface area contributed by atoms with Crippen LogP contribution in [0.3, 0.4) is 0 Å². The zero-order valence-corrected chi connectivity index (χ0v) is 17.1. The summed E-state index contributed by atoms with van der Waals surface area (Å²) in [6.45, 7) is 3.68. The van der Waals surface area contributed by atoms with Crippen LogP contribution in [-0.2, 0) is 0 Å². The fourth-order valence-electron chi connectivity index (χ4n) is 2.69. The fraction of sp³-hybridized carbons (Fsp3) is 0.150. The third-order valence-electron chi connectivity index (χ3n) is 4.25. The molecule has 8 heteroatoms. The van der Waals surface area contributed by atoms with Crippen LogP contribution in [0.15, 0.2) is 55.5 Å². The number of H-pyrrole nitrogens is 1. The first-order valence-electron chi connectivity index (χ1n) is 8.35. The summed E-state index contributed by atoms with van der Waals surface area (Å²) in [5.41, 5.74) is 1.10. The molecule has 0 bridgehead atoms. The Kier molecular flexibility index (Phi) is 5.51. The van der Waals surface area contributed by atoms with Crippen molar-refractivity contribution in [2.24, 2.45) is 4.99 Å². The molecular weight excluding hydrogens is 426 g/mol. The van der Waals surface area contributed by atoms with E-state index in [-0.39, 0.29) is 5.56 Å². The molecule has 3 rings (SSSR count). The van der Waals surface area contributed by atoms with Crippen LogP contribution < -0.4 is 16.0 Å². The van der Waals surface area contributed by atoms with Gasteiger partial charge in [-0.3, -0.25) is 14.8 Å². The fourth-order valence-corrected chi connectivity index (χ4v) is 3.15. The number of methoxy groups -OCH3 is 1. The van der Waals surface area contributed by atoms with Crippen LogP contribution in [0.4, 0.5) is 5.69 Å². The molecule has 0 saturated carbocycles. The number of ether oxygens (including phenoxy) is 1. The highest BCUT2D eigenvalue weighted by Gasteiger charge is 2.16. The Morgan fingerprint density at radius 2 is 1.82 bits per heavy atom. The minimum absolute atomic E-state index is 0.115. The van der Waals surface area contributed by atoms with Gasteiger partial charge in [-0.15, -0.1) is 0 Å². The Morgan fingerprint density at radius 3 is 2.46 bits per heavy atom. The summed E-state index contributed by atoms with van der Waals surface area (Å²) in [7, 11) is 1.56. The Balaban J connectivity index is 2.13. The van der Waals surface area contributed by atoms with E-state index < -0.39 is 17.1 Å². The van der Waals surface area contributed by atoms with Crippen molar-refractivity contribution in [1.82, 2.24) is 9.55 Å². The number of aliphatic imine (C=N–C) groups is 1. The minimum atomic E-state index is -0.728. The Morgan fingerprint density at radius 1 is 1.14 bits per heavy atom. The minimum Gasteiger partial charge on any atom is -0.497 e. The monoisotopic (exact) mass is 443 g/mol. The second-order valence-electron chi connectivity index (χ2n) is 6.18. The van der Waals surface area contributed by atoms with Gasteiger partial charge in [0.15, 0.2) is 0 Å². The number of aryl methyl sites for hydroxylation is 2. The van der Waals surface area contributed by atoms with Crippen LogP contribution in [0.25, 0.3) is 5.69 Å². The standard InChI is InChI=1S/C20H18BrN3O4/c1-11-9-17(12(2)8-16(11)21)24-19(26)15(18(25)23-20(24)27)10-22-13-4-6-14(28-3)7-5-13/h4-10,26H,1-3H3,(H,23,25,27). The van der Waals surface area contributed by atoms with Crippen molar-refractivity contribution in [2.45, 2.75) is 13.8 Å². The van der Waals surface area contributed by atoms with Gasteiger partial charge in [-0.05, 0) is 61.4 Å². The summed E-state index contributed by atoms with van der Waals surface area (Å²) in [6, 6.07) is 10.5. The zero-order valence-electron chi connectivity index (χ0n) is 15.5. The maximum absolute atomic E-state index is 12.4. The predicted molar refractivity (Wildman–Crippen MR) is 112 cm³/mol. The molecule has 0 aliphatic carbocycles. The summed E-state index contributed by atoms with van der Waals surface area (Å²) in [5, 5.41) is 10.7. The van der Waals surface area contributed by atoms with E-state index in [2.05, 4.69) is 25.9 Å². The Labute approximate surface area is 169 Å². The molecule has 28 heavy (non-hydrogen) atoms. The molecule has 0 aliphatic heterocycles. The number of halogens is 1. The Bertz CT molecular complexity index is 1180. The molecule has 0 radical (unpaired) electrons. The van der Waals surface area contributed by atoms with Gasteiger partial charge < -0.3 is 9.84 Å². The molecule has 1 heterocycles. The molecule has 144 valence electrons. The Hall–Kier alpha value is -3.13. The van der Waals surface area contributed by atoms with Crippen molar-refractivity contribution >= 4 is 27.8 Å². The second kappa shape index (κ2) is 7.85. The highest BCUT2D eigenvalue weighted by Crippen LogP contribution is 2.26. The van der Waals surface area contributed by atoms with Gasteiger partial charge in [-0.2, -0.15) is 0 Å². The van der Waals surface area contributed by atoms with E-state index in [1.807, 2.05) is 19.9 Å². The highest BCUT2D eigenvalue weighted by atomic mass is 79.9. The lowest BCUT2D eigenvalue weighted by atomic mass is 10.1. The normalized spacial score (nSPS) is 11.1. The number of aromatic hydroxyl groups is 1. The third-order valence-corrected chi connectivity index (χ3v) is 5.11. The maximum Gasteiger partial charge on any atom is 0.335 e. The van der Waals surface area contributed by atoms with E-state index >= 15 is 0 Å². The number of nitrogens with zero attached hydrogens (tertiary/aromatic N) is 2. The number of hydrogen-bond acceptors (Lipinski definition) is 5. The van der Waals surface area contributed by atoms with Crippen LogP contribution in [0, 0.1) is 13.8 Å². The average Bonchev–Trinajstić information content (AvgIpc) is 2.65. The van der Waals surface area contributed by atoms with Gasteiger partial charge in [0, 0.05) is 10.7 Å². The molecule has 0 unspecified atom stereocenters. The molecule has 2 aromatic carbocycles. The van der Waals surface area contributed by atoms with Gasteiger partial charge in [-0.1, -0.05) is 15.9 Å². The van der Waals surface area contributed by atoms with Gasteiger partial charge in [-0.25, -0.2) is 9.36 Å². The molecule has 0 aliphatic rings. The van der Waals surface area contributed by atoms with E-state index in [0.717, 1.165) is 20.2 Å². The molecule has 7 nitrogen and oxygen atoms in total. The summed E-state index contributed by atoms with van der Waals surface area (Å²) < 4.78 is 7.03. The van der Waals surface area contributed by atoms with Crippen LogP contribution in [0.5, 0.6) is 11.6 Å². The SMILES string of the molecule is COc1ccc(N=Cc2c(O)n(-c3cc(C)c(Br)cc3C)c(=O)[nH]c2=O)cc1. The van der Waals surface area contributed by atoms with Crippen molar-refractivity contribution in [2.75, 3.05) is 7.11 Å². The predicted octanol–water partition coefficient (Wildman–Crippen LogP) is 3.37. The molecule has 0 atom stereocenters. The molecule has 0 spiro atoms. The van der Waals surface area contributed by atoms with Gasteiger partial charge >= 0.3 is 5.69 Å². The van der Waals surface area contributed by atoms with Crippen molar-refractivity contribution in [1.29, 1.82) is 0 Å². The van der Waals surface area contributed by atoms with Crippen molar-refractivity contribution in [3.8, 4) is 17.3 Å². The van der Waals surface area contributed by atoms with Gasteiger partial charge in [0.1, 0.15) is 11.3 Å². The van der Waals surface area contributed by atoms with Crippen molar-refractivity contribution in [3.63, 3.8) is 0 Å². The lowest BCUT2D eigenvalue weighted by molar-refractivity contribution is 0.415. The molecule has 0 fully saturated rings. The first-order valence-corrected chi connectivity index (χ1v) is 9.14. The number of aromatic amines is 1. The number of benzene rings is 2. The third kappa shape index (κ3) is 3.77. The molecule has 1 aromatic heterocycles. The number of hydrogen-bond donors (Lipinski definition) is 2. The van der Waals surface area contributed by atoms with Crippen LogP contribution >= 0.6 is 15.9 Å². The van der Waals surface area contributed by atoms with E-state index in [1.54, 1.807) is 37.4 Å². The summed E-state index contributed by atoms with van der Waals surface area (Å²) >= 11 is 3.44. The van der Waals surface area contributed by atoms with E-state index in [1.165, 1.54) is 6.21 Å². The highest BCUT2D eigenvalue weighted by molar-refractivity contribution is 9.10. The van der Waals surface area contributed by atoms with Gasteiger partial charge in [0.25, 0.3) is 5.56 Å². The van der Waals surface area contributed by atoms with Gasteiger partial charge in [0.2, 0.25) is 5.88 Å². The zero-order chi connectivity index (χ0) is 20.4. The van der Waals surface area contributed by atoms with Crippen LogP contribution in [-0.4, -0.2) is 28.0 Å². The van der Waals surface area contributed by atoms with E-state index in [0.29, 0.717) is 17.1 Å². The van der Waals surface area contributed by atoms with Gasteiger partial charge in [0.05, 0.1) is 18.5 Å². The second-order valence-corrected chi connectivity index (χ2v) is 7.03. The van der Waals surface area contributed by atoms with E-state index in [9.17, 15) is 14.7 Å². The lowest BCUT2D eigenvalue weighted by Gasteiger charge is -2.14. The number of nitrogens with one attached hydrogen (secondary N) is 1. The largest absolute Gasteiger partial charge is 0.497 e. The quantitative estimate of drug-likeness (QED) is 0.604. The molecule has 0 saturated heterocycles. The summed E-state index contributed by atoms with van der Waals surface area (Å²) in [6.07, 6.45) is 1.23. The van der Waals surface area contributed by atoms with E-state index in [4.69, 9.17) is 4.74 Å². The van der Waals surface area contributed by atoms with Crippen LogP contribution in [0.1, 0.15) is 16.7 Å². The van der Waals surface area contributed by atoms with Crippen LogP contribution in [0.2, 0.25) is 0 Å². The first-order chi connectivity index (χ1) is 13.3.